The van der Waals surface area contributed by atoms with Crippen molar-refractivity contribution in [2.45, 2.75) is 115 Å². The number of rotatable bonds is 22. The molecule has 3 rings (SSSR count). The van der Waals surface area contributed by atoms with Crippen LogP contribution in [0.25, 0.3) is 10.9 Å². The molecule has 1 fully saturated rings. The summed E-state index contributed by atoms with van der Waals surface area (Å²) in [6, 6.07) is 2.11. The third kappa shape index (κ3) is 12.7. The Hall–Kier alpha value is -4.15. The molecule has 1 aromatic carbocycles. The van der Waals surface area contributed by atoms with Gasteiger partial charge in [-0.25, -0.2) is 0 Å². The van der Waals surface area contributed by atoms with E-state index in [0.717, 1.165) is 16.5 Å². The summed E-state index contributed by atoms with van der Waals surface area (Å²) in [4.78, 5) is 85.1. The molecule has 15 nitrogen and oxygen atoms in total. The Labute approximate surface area is 322 Å². The van der Waals surface area contributed by atoms with Gasteiger partial charge in [0.1, 0.15) is 30.2 Å². The van der Waals surface area contributed by atoms with Crippen molar-refractivity contribution in [2.75, 3.05) is 25.1 Å². The molecule has 0 saturated carbocycles. The highest BCUT2D eigenvalue weighted by Gasteiger charge is 2.40. The van der Waals surface area contributed by atoms with Crippen LogP contribution >= 0.6 is 11.8 Å². The Kier molecular flexibility index (Phi) is 17.8. The van der Waals surface area contributed by atoms with E-state index < -0.39 is 71.7 Å². The number of fused-ring (bicyclic) bond motifs is 1. The van der Waals surface area contributed by atoms with Crippen molar-refractivity contribution in [1.29, 1.82) is 0 Å². The van der Waals surface area contributed by atoms with Gasteiger partial charge < -0.3 is 48.4 Å². The number of aromatic nitrogens is 1. The van der Waals surface area contributed by atoms with Crippen LogP contribution in [0.1, 0.15) is 78.2 Å². The molecular weight excluding hydrogens is 711 g/mol. The molecule has 1 saturated heterocycles. The normalized spacial score (nSPS) is 17.1. The number of thioether (sulfide) groups is 1. The highest BCUT2D eigenvalue weighted by Crippen LogP contribution is 2.22. The number of primary amides is 1. The van der Waals surface area contributed by atoms with Gasteiger partial charge in [0.2, 0.25) is 35.4 Å². The predicted octanol–water partition coefficient (Wildman–Crippen LogP) is 1.04. The van der Waals surface area contributed by atoms with Crippen molar-refractivity contribution in [3.8, 4) is 0 Å². The quantitative estimate of drug-likeness (QED) is 0.0796. The number of nitrogens with zero attached hydrogens (tertiary/aromatic N) is 1. The summed E-state index contributed by atoms with van der Waals surface area (Å²) >= 11 is 1.52. The van der Waals surface area contributed by atoms with E-state index in [2.05, 4.69) is 26.3 Å². The Morgan fingerprint density at radius 3 is 2.24 bits per heavy atom. The Morgan fingerprint density at radius 2 is 1.59 bits per heavy atom. The number of carbonyl (C=O) groups excluding carboxylic acids is 6. The van der Waals surface area contributed by atoms with Crippen molar-refractivity contribution >= 4 is 58.1 Å². The number of aromatic amines is 1. The summed E-state index contributed by atoms with van der Waals surface area (Å²) in [5.74, 6) is -2.85. The molecule has 16 heteroatoms. The summed E-state index contributed by atoms with van der Waals surface area (Å²) in [6.07, 6.45) is 7.01. The highest BCUT2D eigenvalue weighted by atomic mass is 32.2. The van der Waals surface area contributed by atoms with Crippen LogP contribution in [0.15, 0.2) is 30.5 Å². The van der Waals surface area contributed by atoms with E-state index >= 15 is 0 Å². The minimum Gasteiger partial charge on any atom is -0.368 e. The third-order valence-electron chi connectivity index (χ3n) is 9.71. The maximum absolute atomic E-state index is 14.2. The Morgan fingerprint density at radius 1 is 0.907 bits per heavy atom. The summed E-state index contributed by atoms with van der Waals surface area (Å²) in [6.45, 7) is 8.10. The zero-order chi connectivity index (χ0) is 39.9. The van der Waals surface area contributed by atoms with Gasteiger partial charge in [-0.15, -0.1) is 0 Å². The SMILES string of the molecule is CSCC[C@H](NC(=O)[C@H](NC(=O)[C@@H]1CCCN1C(=O)[C@H](CC(C)C)NC(=O)[C@H](CCCCN)NC(=O)[C@@H](N)Cc1c[nH]c2ccccc12)C(C)C)C(N)=O. The Bertz CT molecular complexity index is 1580. The molecule has 0 spiro atoms. The number of hydrogen-bond donors (Lipinski definition) is 8. The molecule has 6 atom stereocenters. The fourth-order valence-corrected chi connectivity index (χ4v) is 7.18. The largest absolute Gasteiger partial charge is 0.368 e. The molecular formula is C38H61N9O6S. The van der Waals surface area contributed by atoms with Gasteiger partial charge in [0, 0.05) is 23.6 Å². The molecule has 1 aromatic heterocycles. The van der Waals surface area contributed by atoms with Crippen molar-refractivity contribution in [3.63, 3.8) is 0 Å². The lowest BCUT2D eigenvalue weighted by Gasteiger charge is -2.32. The number of carbonyl (C=O) groups is 6. The molecule has 2 aromatic rings. The lowest BCUT2D eigenvalue weighted by atomic mass is 10.00. The van der Waals surface area contributed by atoms with Crippen LogP contribution in [0.5, 0.6) is 0 Å². The number of para-hydroxylation sites is 1. The zero-order valence-corrected chi connectivity index (χ0v) is 33.1. The molecule has 1 aliphatic rings. The lowest BCUT2D eigenvalue weighted by Crippen LogP contribution is -2.60. The molecule has 0 aliphatic carbocycles. The average Bonchev–Trinajstić information content (AvgIpc) is 3.78. The van der Waals surface area contributed by atoms with Crippen LogP contribution in [0.2, 0.25) is 0 Å². The molecule has 0 radical (unpaired) electrons. The van der Waals surface area contributed by atoms with Gasteiger partial charge in [0.15, 0.2) is 0 Å². The maximum Gasteiger partial charge on any atom is 0.245 e. The van der Waals surface area contributed by atoms with Crippen LogP contribution in [0, 0.1) is 11.8 Å². The second-order valence-corrected chi connectivity index (χ2v) is 15.9. The second kappa shape index (κ2) is 21.7. The van der Waals surface area contributed by atoms with E-state index in [9.17, 15) is 28.8 Å². The van der Waals surface area contributed by atoms with Crippen LogP contribution in [0.3, 0.4) is 0 Å². The van der Waals surface area contributed by atoms with Gasteiger partial charge >= 0.3 is 0 Å². The van der Waals surface area contributed by atoms with Crippen LogP contribution < -0.4 is 38.5 Å². The maximum atomic E-state index is 14.2. The lowest BCUT2D eigenvalue weighted by molar-refractivity contribution is -0.143. The topological polar surface area (TPSA) is 248 Å². The van der Waals surface area contributed by atoms with Gasteiger partial charge in [0.25, 0.3) is 0 Å². The predicted molar refractivity (Wildman–Crippen MR) is 212 cm³/mol. The molecule has 0 unspecified atom stereocenters. The van der Waals surface area contributed by atoms with E-state index in [-0.39, 0.29) is 24.8 Å². The first-order valence-corrected chi connectivity index (χ1v) is 20.4. The molecule has 1 aliphatic heterocycles. The number of amides is 6. The first-order chi connectivity index (χ1) is 25.7. The van der Waals surface area contributed by atoms with Crippen molar-refractivity contribution in [2.24, 2.45) is 29.0 Å². The van der Waals surface area contributed by atoms with Crippen molar-refractivity contribution in [3.05, 3.63) is 36.0 Å². The van der Waals surface area contributed by atoms with E-state index in [1.807, 2.05) is 50.6 Å². The molecule has 0 bridgehead atoms. The fraction of sp³-hybridized carbons (Fsp3) is 0.632. The van der Waals surface area contributed by atoms with Gasteiger partial charge in [0.05, 0.1) is 6.04 Å². The van der Waals surface area contributed by atoms with Crippen molar-refractivity contribution < 1.29 is 28.8 Å². The van der Waals surface area contributed by atoms with E-state index in [1.54, 1.807) is 13.8 Å². The second-order valence-electron chi connectivity index (χ2n) is 14.9. The number of benzene rings is 1. The minimum atomic E-state index is -0.975. The number of hydrogen-bond acceptors (Lipinski definition) is 9. The number of H-pyrrole nitrogens is 1. The summed E-state index contributed by atoms with van der Waals surface area (Å²) in [5.41, 5.74) is 19.4. The van der Waals surface area contributed by atoms with E-state index in [0.29, 0.717) is 57.2 Å². The average molecular weight is 772 g/mol. The number of nitrogens with two attached hydrogens (primary N) is 3. The number of unbranched alkanes of at least 4 members (excludes halogenated alkanes) is 1. The molecule has 6 amide bonds. The van der Waals surface area contributed by atoms with Gasteiger partial charge in [-0.2, -0.15) is 11.8 Å². The first-order valence-electron chi connectivity index (χ1n) is 19.0. The smallest absolute Gasteiger partial charge is 0.245 e. The molecule has 300 valence electrons. The first kappa shape index (κ1) is 44.2. The monoisotopic (exact) mass is 771 g/mol. The zero-order valence-electron chi connectivity index (χ0n) is 32.3. The van der Waals surface area contributed by atoms with Gasteiger partial charge in [-0.3, -0.25) is 28.8 Å². The van der Waals surface area contributed by atoms with Crippen LogP contribution in [-0.2, 0) is 35.2 Å². The summed E-state index contributed by atoms with van der Waals surface area (Å²) in [5, 5.41) is 12.2. The standard InChI is InChI=1S/C38H61N9O6S/c1-22(2)19-30(38(53)47-17-10-14-31(47)36(51)46-32(23(3)4)37(52)43-28(33(41)48)15-18-54-5)45-35(50)29(13-8-9-16-39)44-34(49)26(40)20-24-21-42-27-12-7-6-11-25(24)27/h6-7,11-12,21-23,26,28-32,42H,8-10,13-20,39-40H2,1-5H3,(H2,41,48)(H,43,52)(H,44,49)(H,45,50)(H,46,51)/t26-,28-,29-,30-,31-,32+/m0/s1. The molecule has 11 N–H and O–H groups in total. The highest BCUT2D eigenvalue weighted by molar-refractivity contribution is 7.98. The molecule has 54 heavy (non-hydrogen) atoms. The number of nitrogens with one attached hydrogen (secondary N) is 5. The van der Waals surface area contributed by atoms with E-state index in [1.165, 1.54) is 16.7 Å². The Balaban J connectivity index is 1.73. The summed E-state index contributed by atoms with van der Waals surface area (Å²) in [7, 11) is 0. The van der Waals surface area contributed by atoms with Crippen molar-refractivity contribution in [1.82, 2.24) is 31.2 Å². The van der Waals surface area contributed by atoms with Gasteiger partial charge in [-0.1, -0.05) is 45.9 Å². The summed E-state index contributed by atoms with van der Waals surface area (Å²) < 4.78 is 0. The fourth-order valence-electron chi connectivity index (χ4n) is 6.71. The van der Waals surface area contributed by atoms with Crippen LogP contribution in [0.4, 0.5) is 0 Å². The molecule has 2 heterocycles. The third-order valence-corrected chi connectivity index (χ3v) is 10.4. The minimum absolute atomic E-state index is 0.00216. The number of likely N-dealkylation sites (tertiary alicyclic amines) is 1. The van der Waals surface area contributed by atoms with E-state index in [4.69, 9.17) is 17.2 Å². The van der Waals surface area contributed by atoms with Crippen LogP contribution in [-0.4, -0.2) is 107 Å². The van der Waals surface area contributed by atoms with Gasteiger partial charge in [-0.05, 0) is 93.4 Å².